The second-order valence-corrected chi connectivity index (χ2v) is 3.26. The normalized spacial score (nSPS) is 14.7. The molecule has 0 aromatic rings. The first kappa shape index (κ1) is 10.2. The second kappa shape index (κ2) is 4.20. The summed E-state index contributed by atoms with van der Waals surface area (Å²) in [4.78, 5) is 0. The fourth-order valence-electron chi connectivity index (χ4n) is 0.560. The summed E-state index contributed by atoms with van der Waals surface area (Å²) in [6.07, 6.45) is 1.20. The van der Waals surface area contributed by atoms with Crippen molar-refractivity contribution in [2.24, 2.45) is 16.5 Å². The van der Waals surface area contributed by atoms with Gasteiger partial charge in [-0.05, 0) is 5.41 Å². The van der Waals surface area contributed by atoms with E-state index in [-0.39, 0.29) is 5.41 Å². The molecule has 3 nitrogen and oxygen atoms in total. The average Bonchev–Trinajstić information content (AvgIpc) is 2.00. The standard InChI is InChI=1S/C7H11ClN2O/c1-7(2,5-8)6(3-9)4-10-11/h4,6,11H,5H2,1-2H3/b10-4-. The lowest BCUT2D eigenvalue weighted by atomic mass is 9.82. The Morgan fingerprint density at radius 3 is 2.64 bits per heavy atom. The molecule has 0 aliphatic carbocycles. The molecule has 11 heavy (non-hydrogen) atoms. The van der Waals surface area contributed by atoms with Crippen LogP contribution in [0.15, 0.2) is 5.16 Å². The number of hydrogen-bond donors (Lipinski definition) is 1. The number of halogens is 1. The lowest BCUT2D eigenvalue weighted by Gasteiger charge is -2.23. The van der Waals surface area contributed by atoms with Crippen molar-refractivity contribution in [3.8, 4) is 6.07 Å². The van der Waals surface area contributed by atoms with Gasteiger partial charge in [-0.25, -0.2) is 0 Å². The van der Waals surface area contributed by atoms with Crippen molar-refractivity contribution in [3.05, 3.63) is 0 Å². The Morgan fingerprint density at radius 1 is 1.82 bits per heavy atom. The van der Waals surface area contributed by atoms with Gasteiger partial charge in [-0.3, -0.25) is 0 Å². The largest absolute Gasteiger partial charge is 0.411 e. The Kier molecular flexibility index (Phi) is 3.91. The number of alkyl halides is 1. The highest BCUT2D eigenvalue weighted by Gasteiger charge is 2.27. The molecule has 0 aromatic carbocycles. The molecular formula is C7H11ClN2O. The van der Waals surface area contributed by atoms with E-state index in [4.69, 9.17) is 22.1 Å². The molecule has 0 bridgehead atoms. The van der Waals surface area contributed by atoms with Gasteiger partial charge in [-0.15, -0.1) is 16.8 Å². The molecule has 0 fully saturated rings. The van der Waals surface area contributed by atoms with Crippen LogP contribution in [0.3, 0.4) is 0 Å². The van der Waals surface area contributed by atoms with Gasteiger partial charge in [0.2, 0.25) is 0 Å². The summed E-state index contributed by atoms with van der Waals surface area (Å²) in [5.74, 6) is -0.0814. The Hall–Kier alpha value is -0.750. The highest BCUT2D eigenvalue weighted by Crippen LogP contribution is 2.26. The van der Waals surface area contributed by atoms with Crippen LogP contribution in [-0.4, -0.2) is 17.3 Å². The Bertz CT molecular complexity index is 183. The first-order valence-electron chi connectivity index (χ1n) is 3.21. The molecule has 0 radical (unpaired) electrons. The van der Waals surface area contributed by atoms with Crippen LogP contribution < -0.4 is 0 Å². The van der Waals surface area contributed by atoms with E-state index in [0.717, 1.165) is 0 Å². The smallest absolute Gasteiger partial charge is 0.0910 e. The maximum atomic E-state index is 8.61. The van der Waals surface area contributed by atoms with Crippen molar-refractivity contribution in [2.75, 3.05) is 5.88 Å². The second-order valence-electron chi connectivity index (χ2n) is 2.99. The van der Waals surface area contributed by atoms with Crippen LogP contribution in [0.4, 0.5) is 0 Å². The first-order chi connectivity index (χ1) is 5.08. The van der Waals surface area contributed by atoms with Crippen molar-refractivity contribution in [2.45, 2.75) is 13.8 Å². The molecule has 0 spiro atoms. The lowest BCUT2D eigenvalue weighted by molar-refractivity contribution is 0.309. The molecule has 0 rings (SSSR count). The minimum Gasteiger partial charge on any atom is -0.411 e. The van der Waals surface area contributed by atoms with Crippen molar-refractivity contribution >= 4 is 17.8 Å². The van der Waals surface area contributed by atoms with Crippen LogP contribution >= 0.6 is 11.6 Å². The lowest BCUT2D eigenvalue weighted by Crippen LogP contribution is -2.25. The molecule has 0 amide bonds. The van der Waals surface area contributed by atoms with Gasteiger partial charge in [0.1, 0.15) is 0 Å². The van der Waals surface area contributed by atoms with E-state index in [1.165, 1.54) is 6.21 Å². The predicted octanol–water partition coefficient (Wildman–Crippen LogP) is 1.85. The van der Waals surface area contributed by atoms with Gasteiger partial charge in [0.25, 0.3) is 0 Å². The molecule has 4 heteroatoms. The van der Waals surface area contributed by atoms with Gasteiger partial charge >= 0.3 is 0 Å². The SMILES string of the molecule is CC(C)(CCl)C(C#N)/C=N\O. The summed E-state index contributed by atoms with van der Waals surface area (Å²) in [5, 5.41) is 19.6. The Morgan fingerprint density at radius 2 is 2.36 bits per heavy atom. The van der Waals surface area contributed by atoms with Crippen LogP contribution in [-0.2, 0) is 0 Å². The summed E-state index contributed by atoms with van der Waals surface area (Å²) in [5.41, 5.74) is -0.345. The van der Waals surface area contributed by atoms with Crippen LogP contribution in [0, 0.1) is 22.7 Å². The zero-order valence-corrected chi connectivity index (χ0v) is 7.34. The molecule has 0 heterocycles. The van der Waals surface area contributed by atoms with Crippen LogP contribution in [0.1, 0.15) is 13.8 Å². The average molecular weight is 175 g/mol. The van der Waals surface area contributed by atoms with Gasteiger partial charge in [0.15, 0.2) is 0 Å². The minimum atomic E-state index is -0.440. The quantitative estimate of drug-likeness (QED) is 0.307. The molecular weight excluding hydrogens is 164 g/mol. The summed E-state index contributed by atoms with van der Waals surface area (Å²) in [7, 11) is 0. The maximum absolute atomic E-state index is 8.61. The van der Waals surface area contributed by atoms with E-state index in [1.54, 1.807) is 0 Å². The summed E-state index contributed by atoms with van der Waals surface area (Å²) >= 11 is 5.61. The molecule has 0 aliphatic rings. The third-order valence-electron chi connectivity index (χ3n) is 1.54. The van der Waals surface area contributed by atoms with E-state index in [9.17, 15) is 0 Å². The number of nitrogens with zero attached hydrogens (tertiary/aromatic N) is 2. The van der Waals surface area contributed by atoms with Gasteiger partial charge in [-0.1, -0.05) is 13.8 Å². The topological polar surface area (TPSA) is 56.4 Å². The molecule has 62 valence electrons. The van der Waals surface area contributed by atoms with E-state index < -0.39 is 5.92 Å². The maximum Gasteiger partial charge on any atom is 0.0910 e. The van der Waals surface area contributed by atoms with Crippen LogP contribution in [0.5, 0.6) is 0 Å². The van der Waals surface area contributed by atoms with Gasteiger partial charge < -0.3 is 5.21 Å². The van der Waals surface area contributed by atoms with E-state index in [1.807, 2.05) is 19.9 Å². The Labute approximate surface area is 71.3 Å². The van der Waals surface area contributed by atoms with E-state index in [0.29, 0.717) is 5.88 Å². The van der Waals surface area contributed by atoms with Gasteiger partial charge in [0, 0.05) is 5.88 Å². The van der Waals surface area contributed by atoms with Crippen molar-refractivity contribution in [1.82, 2.24) is 0 Å². The molecule has 1 N–H and O–H groups in total. The highest BCUT2D eigenvalue weighted by atomic mass is 35.5. The summed E-state index contributed by atoms with van der Waals surface area (Å²) < 4.78 is 0. The minimum absolute atomic E-state index is 0.345. The van der Waals surface area contributed by atoms with E-state index in [2.05, 4.69) is 5.16 Å². The van der Waals surface area contributed by atoms with Crippen molar-refractivity contribution in [3.63, 3.8) is 0 Å². The third kappa shape index (κ3) is 2.77. The molecule has 0 aromatic heterocycles. The first-order valence-corrected chi connectivity index (χ1v) is 3.75. The van der Waals surface area contributed by atoms with Crippen LogP contribution in [0.2, 0.25) is 0 Å². The van der Waals surface area contributed by atoms with Crippen molar-refractivity contribution in [1.29, 1.82) is 5.26 Å². The zero-order valence-electron chi connectivity index (χ0n) is 6.58. The number of oxime groups is 1. The fourth-order valence-corrected chi connectivity index (χ4v) is 0.726. The molecule has 0 saturated heterocycles. The highest BCUT2D eigenvalue weighted by molar-refractivity contribution is 6.18. The molecule has 1 unspecified atom stereocenters. The number of nitriles is 1. The summed E-state index contributed by atoms with van der Waals surface area (Å²) in [6.45, 7) is 3.69. The Balaban J connectivity index is 4.39. The van der Waals surface area contributed by atoms with Crippen LogP contribution in [0.25, 0.3) is 0 Å². The number of hydrogen-bond acceptors (Lipinski definition) is 3. The van der Waals surface area contributed by atoms with E-state index >= 15 is 0 Å². The van der Waals surface area contributed by atoms with Gasteiger partial charge in [-0.2, -0.15) is 5.26 Å². The predicted molar refractivity (Wildman–Crippen MR) is 43.9 cm³/mol. The molecule has 0 aliphatic heterocycles. The molecule has 0 saturated carbocycles. The monoisotopic (exact) mass is 174 g/mol. The van der Waals surface area contributed by atoms with Gasteiger partial charge in [0.05, 0.1) is 18.2 Å². The zero-order chi connectivity index (χ0) is 8.91. The molecule has 1 atom stereocenters. The van der Waals surface area contributed by atoms with Crippen molar-refractivity contribution < 1.29 is 5.21 Å². The number of rotatable bonds is 3. The fraction of sp³-hybridized carbons (Fsp3) is 0.714. The third-order valence-corrected chi connectivity index (χ3v) is 2.23. The summed E-state index contributed by atoms with van der Waals surface area (Å²) in [6, 6.07) is 2.00.